The van der Waals surface area contributed by atoms with E-state index in [1.54, 1.807) is 7.05 Å². The van der Waals surface area contributed by atoms with Crippen molar-refractivity contribution in [3.63, 3.8) is 0 Å². The van der Waals surface area contributed by atoms with Gasteiger partial charge in [-0.2, -0.15) is 0 Å². The molecule has 0 aromatic rings. The summed E-state index contributed by atoms with van der Waals surface area (Å²) in [6, 6.07) is 0. The number of carbonyl (C=O) groups excluding carboxylic acids is 1. The van der Waals surface area contributed by atoms with Crippen molar-refractivity contribution in [2.24, 2.45) is 16.6 Å². The van der Waals surface area contributed by atoms with E-state index in [-0.39, 0.29) is 12.0 Å². The molecule has 0 saturated heterocycles. The van der Waals surface area contributed by atoms with Crippen molar-refractivity contribution < 1.29 is 9.53 Å². The lowest BCUT2D eigenvalue weighted by atomic mass is 9.79. The Bertz CT molecular complexity index is 418. The molecular weight excluding hydrogens is 278 g/mol. The molecule has 1 heterocycles. The minimum atomic E-state index is -0.789. The summed E-state index contributed by atoms with van der Waals surface area (Å²) in [4.78, 5) is 18.8. The number of guanidine groups is 1. The largest absolute Gasteiger partial charge is 0.375 e. The minimum Gasteiger partial charge on any atom is -0.375 e. The van der Waals surface area contributed by atoms with Crippen molar-refractivity contribution >= 4 is 11.9 Å². The van der Waals surface area contributed by atoms with Gasteiger partial charge < -0.3 is 10.5 Å². The molecule has 0 aromatic carbocycles. The number of nitrogens with zero attached hydrogens (tertiary/aromatic N) is 2. The van der Waals surface area contributed by atoms with Gasteiger partial charge in [0.15, 0.2) is 11.5 Å². The molecule has 1 amide bonds. The first-order valence-corrected chi connectivity index (χ1v) is 8.73. The lowest BCUT2D eigenvalue weighted by Crippen LogP contribution is -2.47. The van der Waals surface area contributed by atoms with E-state index in [2.05, 4.69) is 18.8 Å². The van der Waals surface area contributed by atoms with Gasteiger partial charge in [0, 0.05) is 7.05 Å². The third-order valence-corrected chi connectivity index (χ3v) is 5.03. The van der Waals surface area contributed by atoms with Gasteiger partial charge in [0.1, 0.15) is 0 Å². The predicted octanol–water partition coefficient (Wildman–Crippen LogP) is 2.69. The monoisotopic (exact) mass is 309 g/mol. The number of carbonyl (C=O) groups is 1. The van der Waals surface area contributed by atoms with E-state index in [0.717, 1.165) is 19.3 Å². The smallest absolute Gasteiger partial charge is 0.259 e. The van der Waals surface area contributed by atoms with Crippen LogP contribution in [0.25, 0.3) is 0 Å². The van der Waals surface area contributed by atoms with Crippen LogP contribution in [0.4, 0.5) is 0 Å². The van der Waals surface area contributed by atoms with Crippen molar-refractivity contribution in [2.75, 3.05) is 13.7 Å². The third kappa shape index (κ3) is 3.80. The second kappa shape index (κ2) is 7.44. The van der Waals surface area contributed by atoms with E-state index in [0.29, 0.717) is 18.5 Å². The average Bonchev–Trinajstić information content (AvgIpc) is 2.71. The number of ether oxygens (including phenoxy) is 1. The number of rotatable bonds is 7. The van der Waals surface area contributed by atoms with Crippen molar-refractivity contribution in [3.8, 4) is 0 Å². The number of hydrogen-bond donors (Lipinski definition) is 1. The molecule has 1 fully saturated rings. The molecule has 22 heavy (non-hydrogen) atoms. The van der Waals surface area contributed by atoms with E-state index in [4.69, 9.17) is 10.5 Å². The molecule has 2 atom stereocenters. The Morgan fingerprint density at radius 3 is 2.64 bits per heavy atom. The first-order valence-electron chi connectivity index (χ1n) is 8.73. The van der Waals surface area contributed by atoms with Crippen LogP contribution >= 0.6 is 0 Å². The molecule has 2 N–H and O–H groups in total. The lowest BCUT2D eigenvalue weighted by Gasteiger charge is -2.32. The van der Waals surface area contributed by atoms with E-state index in [1.807, 2.05) is 0 Å². The molecule has 0 aromatic heterocycles. The van der Waals surface area contributed by atoms with E-state index >= 15 is 0 Å². The quantitative estimate of drug-likeness (QED) is 0.786. The molecule has 1 aliphatic carbocycles. The van der Waals surface area contributed by atoms with E-state index in [1.165, 1.54) is 37.0 Å². The molecule has 1 saturated carbocycles. The maximum absolute atomic E-state index is 12.7. The summed E-state index contributed by atoms with van der Waals surface area (Å²) in [5.41, 5.74) is 5.13. The third-order valence-electron chi connectivity index (χ3n) is 5.03. The second-order valence-electron chi connectivity index (χ2n) is 6.98. The number of aliphatic imine (C=N–C) groups is 1. The Labute approximate surface area is 134 Å². The van der Waals surface area contributed by atoms with Crippen molar-refractivity contribution in [2.45, 2.75) is 76.9 Å². The normalized spacial score (nSPS) is 28.0. The molecule has 2 rings (SSSR count). The number of hydrogen-bond acceptors (Lipinski definition) is 4. The summed E-state index contributed by atoms with van der Waals surface area (Å²) < 4.78 is 5.97. The van der Waals surface area contributed by atoms with Crippen molar-refractivity contribution in [1.82, 2.24) is 4.90 Å². The fourth-order valence-corrected chi connectivity index (χ4v) is 3.68. The Morgan fingerprint density at radius 2 is 2.09 bits per heavy atom. The maximum Gasteiger partial charge on any atom is 0.259 e. The van der Waals surface area contributed by atoms with Gasteiger partial charge in [-0.3, -0.25) is 9.69 Å². The molecule has 0 spiro atoms. The molecule has 0 radical (unpaired) electrons. The van der Waals surface area contributed by atoms with Gasteiger partial charge in [-0.15, -0.1) is 0 Å². The molecule has 2 aliphatic rings. The summed E-state index contributed by atoms with van der Waals surface area (Å²) in [5.74, 6) is 0.887. The van der Waals surface area contributed by atoms with Crippen LogP contribution in [0.1, 0.15) is 65.2 Å². The topological polar surface area (TPSA) is 67.9 Å². The maximum atomic E-state index is 12.7. The molecule has 126 valence electrons. The van der Waals surface area contributed by atoms with Crippen molar-refractivity contribution in [1.29, 1.82) is 0 Å². The molecular formula is C17H31N3O2. The van der Waals surface area contributed by atoms with Crippen LogP contribution in [0.2, 0.25) is 0 Å². The van der Waals surface area contributed by atoms with Crippen LogP contribution < -0.4 is 5.73 Å². The zero-order valence-electron chi connectivity index (χ0n) is 14.3. The second-order valence-corrected chi connectivity index (χ2v) is 6.98. The molecule has 0 bridgehead atoms. The molecule has 1 aliphatic heterocycles. The fourth-order valence-electron chi connectivity index (χ4n) is 3.68. The Balaban J connectivity index is 2.08. The molecule has 2 unspecified atom stereocenters. The van der Waals surface area contributed by atoms with Gasteiger partial charge in [0.25, 0.3) is 5.91 Å². The zero-order chi connectivity index (χ0) is 16.2. The van der Waals surface area contributed by atoms with Crippen LogP contribution in [-0.2, 0) is 9.53 Å². The lowest BCUT2D eigenvalue weighted by molar-refractivity contribution is -0.134. The van der Waals surface area contributed by atoms with Crippen LogP contribution in [-0.4, -0.2) is 42.1 Å². The summed E-state index contributed by atoms with van der Waals surface area (Å²) in [6.45, 7) is 4.56. The Hall–Kier alpha value is -1.10. The van der Waals surface area contributed by atoms with Crippen molar-refractivity contribution in [3.05, 3.63) is 0 Å². The van der Waals surface area contributed by atoms with Crippen LogP contribution in [0, 0.1) is 5.92 Å². The van der Waals surface area contributed by atoms with E-state index < -0.39 is 5.54 Å². The fraction of sp³-hybridized carbons (Fsp3) is 0.882. The number of likely N-dealkylation sites (N-methyl/N-ethyl adjacent to an activating group) is 1. The van der Waals surface area contributed by atoms with Gasteiger partial charge in [-0.25, -0.2) is 4.99 Å². The highest BCUT2D eigenvalue weighted by atomic mass is 16.5. The minimum absolute atomic E-state index is 0.000674. The number of nitrogens with two attached hydrogens (primary N) is 1. The highest BCUT2D eigenvalue weighted by Gasteiger charge is 2.48. The Morgan fingerprint density at radius 1 is 1.41 bits per heavy atom. The standard InChI is InChI=1S/C17H31N3O2/c1-4-8-13(2)22-12-17(11-14-9-6-5-7-10-14)15(21)20(3)16(18)19-17/h13-14H,4-12H2,1-3H3,(H2,18,19). The average molecular weight is 309 g/mol. The number of amides is 1. The Kier molecular flexibility index (Phi) is 5.84. The summed E-state index contributed by atoms with van der Waals surface area (Å²) in [7, 11) is 1.71. The first-order chi connectivity index (χ1) is 10.5. The van der Waals surface area contributed by atoms with Gasteiger partial charge >= 0.3 is 0 Å². The highest BCUT2D eigenvalue weighted by Crippen LogP contribution is 2.36. The van der Waals surface area contributed by atoms with Gasteiger partial charge in [0.05, 0.1) is 12.7 Å². The summed E-state index contributed by atoms with van der Waals surface area (Å²) in [5, 5.41) is 0. The van der Waals surface area contributed by atoms with Gasteiger partial charge in [0.2, 0.25) is 0 Å². The van der Waals surface area contributed by atoms with Gasteiger partial charge in [-0.05, 0) is 25.7 Å². The zero-order valence-corrected chi connectivity index (χ0v) is 14.3. The van der Waals surface area contributed by atoms with Crippen LogP contribution in [0.15, 0.2) is 4.99 Å². The molecule has 5 heteroatoms. The summed E-state index contributed by atoms with van der Waals surface area (Å²) in [6.07, 6.45) is 9.23. The van der Waals surface area contributed by atoms with Gasteiger partial charge in [-0.1, -0.05) is 45.4 Å². The SMILES string of the molecule is CCCC(C)OCC1(CC2CCCCC2)N=C(N)N(C)C1=O. The molecule has 5 nitrogen and oxygen atoms in total. The highest BCUT2D eigenvalue weighted by molar-refractivity contribution is 6.06. The van der Waals surface area contributed by atoms with E-state index in [9.17, 15) is 4.79 Å². The predicted molar refractivity (Wildman–Crippen MR) is 88.6 cm³/mol. The first kappa shape index (κ1) is 17.3. The van der Waals surface area contributed by atoms with Crippen LogP contribution in [0.5, 0.6) is 0 Å². The summed E-state index contributed by atoms with van der Waals surface area (Å²) >= 11 is 0. The van der Waals surface area contributed by atoms with Crippen LogP contribution in [0.3, 0.4) is 0 Å².